The molecule has 0 aliphatic carbocycles. The fourth-order valence-electron chi connectivity index (χ4n) is 3.83. The van der Waals surface area contributed by atoms with Crippen molar-refractivity contribution < 1.29 is 9.18 Å². The Morgan fingerprint density at radius 3 is 2.89 bits per heavy atom. The Hall–Kier alpha value is -3.55. The largest absolute Gasteiger partial charge is 0.310 e. The number of benzene rings is 1. The van der Waals surface area contributed by atoms with Gasteiger partial charge in [0.2, 0.25) is 5.91 Å². The summed E-state index contributed by atoms with van der Waals surface area (Å²) in [5.74, 6) is -0.533. The number of hydrogen-bond acceptors (Lipinski definition) is 4. The lowest BCUT2D eigenvalue weighted by Crippen LogP contribution is -2.31. The van der Waals surface area contributed by atoms with Crippen LogP contribution in [0.1, 0.15) is 12.1 Å². The maximum atomic E-state index is 13.9. The molecular weight excluding hydrogens is 361 g/mol. The van der Waals surface area contributed by atoms with Crippen molar-refractivity contribution >= 4 is 28.1 Å². The lowest BCUT2D eigenvalue weighted by molar-refractivity contribution is -0.118. The van der Waals surface area contributed by atoms with Gasteiger partial charge >= 0.3 is 0 Å². The number of carbonyl (C=O) groups is 1. The molecule has 3 aromatic heterocycles. The molecule has 0 saturated heterocycles. The molecule has 8 heteroatoms. The highest BCUT2D eigenvalue weighted by atomic mass is 19.1. The van der Waals surface area contributed by atoms with Gasteiger partial charge in [-0.3, -0.25) is 14.6 Å². The number of carbonyl (C=O) groups excluding carboxylic acids is 1. The third kappa shape index (κ3) is 2.49. The summed E-state index contributed by atoms with van der Waals surface area (Å²) in [5.41, 5.74) is 2.85. The highest BCUT2D eigenvalue weighted by Gasteiger charge is 2.25. The maximum Gasteiger partial charge on any atom is 0.277 e. The summed E-state index contributed by atoms with van der Waals surface area (Å²) in [7, 11) is 0. The van der Waals surface area contributed by atoms with Gasteiger partial charge in [-0.2, -0.15) is 5.10 Å². The molecule has 4 heterocycles. The summed E-state index contributed by atoms with van der Waals surface area (Å²) in [6.07, 6.45) is 4.10. The first-order valence-electron chi connectivity index (χ1n) is 9.03. The molecule has 7 nitrogen and oxygen atoms in total. The van der Waals surface area contributed by atoms with Crippen molar-refractivity contribution in [2.45, 2.75) is 19.4 Å². The average Bonchev–Trinajstić information content (AvgIpc) is 3.35. The fraction of sp³-hybridized carbons (Fsp3) is 0.200. The third-order valence-corrected chi connectivity index (χ3v) is 5.14. The molecule has 0 fully saturated rings. The van der Waals surface area contributed by atoms with Crippen LogP contribution in [0.4, 0.5) is 10.1 Å². The molecule has 1 amide bonds. The standard InChI is InChI=1S/C20H16FN5O2/c21-13-3-4-16-18(12-13)25(20(28)17-5-9-23-26(16)17)11-7-19(27)24-10-6-14-15(24)2-1-8-22-14/h1-5,8-9,12H,6-7,10-11H2. The Labute approximate surface area is 158 Å². The van der Waals surface area contributed by atoms with Crippen molar-refractivity contribution in [3.8, 4) is 0 Å². The summed E-state index contributed by atoms with van der Waals surface area (Å²) in [6.45, 7) is 0.739. The van der Waals surface area contributed by atoms with Crippen LogP contribution in [0.5, 0.6) is 0 Å². The molecule has 1 aliphatic rings. The topological polar surface area (TPSA) is 72.5 Å². The van der Waals surface area contributed by atoms with E-state index in [1.807, 2.05) is 6.07 Å². The van der Waals surface area contributed by atoms with E-state index in [0.29, 0.717) is 23.1 Å². The van der Waals surface area contributed by atoms with Gasteiger partial charge in [-0.1, -0.05) is 0 Å². The number of pyridine rings is 1. The molecule has 140 valence electrons. The van der Waals surface area contributed by atoms with Crippen LogP contribution in [-0.2, 0) is 17.8 Å². The van der Waals surface area contributed by atoms with E-state index in [1.165, 1.54) is 27.4 Å². The highest BCUT2D eigenvalue weighted by molar-refractivity contribution is 5.95. The predicted octanol–water partition coefficient (Wildman–Crippen LogP) is 2.16. The van der Waals surface area contributed by atoms with Crippen molar-refractivity contribution in [1.29, 1.82) is 0 Å². The molecule has 4 aromatic rings. The van der Waals surface area contributed by atoms with E-state index in [2.05, 4.69) is 10.1 Å². The minimum absolute atomic E-state index is 0.0865. The number of halogens is 1. The average molecular weight is 377 g/mol. The lowest BCUT2D eigenvalue weighted by Gasteiger charge is -2.18. The summed E-state index contributed by atoms with van der Waals surface area (Å²) < 4.78 is 16.8. The Morgan fingerprint density at radius 2 is 2.00 bits per heavy atom. The van der Waals surface area contributed by atoms with Gasteiger partial charge in [-0.05, 0) is 36.4 Å². The van der Waals surface area contributed by atoms with Gasteiger partial charge in [-0.25, -0.2) is 8.91 Å². The van der Waals surface area contributed by atoms with E-state index in [1.54, 1.807) is 29.3 Å². The number of fused-ring (bicyclic) bond motifs is 4. The van der Waals surface area contributed by atoms with Gasteiger partial charge in [0.05, 0.1) is 28.6 Å². The molecule has 0 bridgehead atoms. The zero-order valence-electron chi connectivity index (χ0n) is 14.9. The SMILES string of the molecule is O=C(CCn1c(=O)c2ccnn2c2ccc(F)cc21)N1CCc2ncccc21. The first-order valence-corrected chi connectivity index (χ1v) is 9.03. The van der Waals surface area contributed by atoms with Gasteiger partial charge in [0, 0.05) is 32.1 Å². The molecule has 0 N–H and O–H groups in total. The fourth-order valence-corrected chi connectivity index (χ4v) is 3.83. The maximum absolute atomic E-state index is 13.9. The van der Waals surface area contributed by atoms with Crippen LogP contribution in [0.25, 0.3) is 16.6 Å². The Morgan fingerprint density at radius 1 is 1.11 bits per heavy atom. The quantitative estimate of drug-likeness (QED) is 0.549. The predicted molar refractivity (Wildman–Crippen MR) is 102 cm³/mol. The molecule has 28 heavy (non-hydrogen) atoms. The molecule has 5 rings (SSSR count). The van der Waals surface area contributed by atoms with Gasteiger partial charge in [0.15, 0.2) is 0 Å². The van der Waals surface area contributed by atoms with Crippen molar-refractivity contribution in [3.63, 3.8) is 0 Å². The number of anilines is 1. The monoisotopic (exact) mass is 377 g/mol. The molecule has 0 spiro atoms. The summed E-state index contributed by atoms with van der Waals surface area (Å²) in [4.78, 5) is 31.7. The third-order valence-electron chi connectivity index (χ3n) is 5.14. The number of amides is 1. The summed E-state index contributed by atoms with van der Waals surface area (Å²) in [6, 6.07) is 9.52. The van der Waals surface area contributed by atoms with Crippen molar-refractivity contribution in [2.24, 2.45) is 0 Å². The number of aromatic nitrogens is 4. The smallest absolute Gasteiger partial charge is 0.277 e. The molecule has 0 saturated carbocycles. The van der Waals surface area contributed by atoms with Crippen LogP contribution in [-0.4, -0.2) is 31.6 Å². The second kappa shape index (κ2) is 6.26. The lowest BCUT2D eigenvalue weighted by atomic mass is 10.2. The van der Waals surface area contributed by atoms with Crippen LogP contribution >= 0.6 is 0 Å². The van der Waals surface area contributed by atoms with Crippen molar-refractivity contribution in [2.75, 3.05) is 11.4 Å². The second-order valence-corrected chi connectivity index (χ2v) is 6.73. The number of hydrogen-bond donors (Lipinski definition) is 0. The van der Waals surface area contributed by atoms with Gasteiger partial charge in [0.25, 0.3) is 5.56 Å². The summed E-state index contributed by atoms with van der Waals surface area (Å²) >= 11 is 0. The van der Waals surface area contributed by atoms with Gasteiger partial charge in [0.1, 0.15) is 11.3 Å². The minimum Gasteiger partial charge on any atom is -0.310 e. The van der Waals surface area contributed by atoms with E-state index in [4.69, 9.17) is 0 Å². The van der Waals surface area contributed by atoms with Crippen LogP contribution in [0, 0.1) is 5.82 Å². The molecule has 0 unspecified atom stereocenters. The molecule has 1 aromatic carbocycles. The van der Waals surface area contributed by atoms with E-state index >= 15 is 0 Å². The van der Waals surface area contributed by atoms with Crippen LogP contribution in [0.2, 0.25) is 0 Å². The second-order valence-electron chi connectivity index (χ2n) is 6.73. The van der Waals surface area contributed by atoms with E-state index in [0.717, 1.165) is 17.8 Å². The van der Waals surface area contributed by atoms with E-state index in [-0.39, 0.29) is 24.4 Å². The zero-order valence-corrected chi connectivity index (χ0v) is 14.9. The number of rotatable bonds is 3. The van der Waals surface area contributed by atoms with Gasteiger partial charge < -0.3 is 9.47 Å². The van der Waals surface area contributed by atoms with Crippen LogP contribution < -0.4 is 10.5 Å². The van der Waals surface area contributed by atoms with Crippen LogP contribution in [0.15, 0.2) is 53.6 Å². The van der Waals surface area contributed by atoms with E-state index in [9.17, 15) is 14.0 Å². The summed E-state index contributed by atoms with van der Waals surface area (Å²) in [5, 5.41) is 4.16. The number of nitrogens with zero attached hydrogens (tertiary/aromatic N) is 5. The molecule has 0 atom stereocenters. The normalized spacial score (nSPS) is 13.4. The Bertz CT molecular complexity index is 1290. The zero-order chi connectivity index (χ0) is 19.3. The minimum atomic E-state index is -0.446. The molecule has 1 aliphatic heterocycles. The van der Waals surface area contributed by atoms with Crippen LogP contribution in [0.3, 0.4) is 0 Å². The highest BCUT2D eigenvalue weighted by Crippen LogP contribution is 2.26. The Kier molecular flexibility index (Phi) is 3.71. The first kappa shape index (κ1) is 16.6. The number of aryl methyl sites for hydroxylation is 1. The molecule has 0 radical (unpaired) electrons. The van der Waals surface area contributed by atoms with Crippen molar-refractivity contribution in [1.82, 2.24) is 19.2 Å². The van der Waals surface area contributed by atoms with Gasteiger partial charge in [-0.15, -0.1) is 0 Å². The first-order chi connectivity index (χ1) is 13.6. The Balaban J connectivity index is 1.51. The van der Waals surface area contributed by atoms with Crippen molar-refractivity contribution in [3.05, 3.63) is 70.7 Å². The van der Waals surface area contributed by atoms with E-state index < -0.39 is 5.82 Å². The molecular formula is C20H16FN5O2.